The Morgan fingerprint density at radius 3 is 2.88 bits per heavy atom. The van der Waals surface area contributed by atoms with Crippen LogP contribution in [0.15, 0.2) is 18.2 Å². The Labute approximate surface area is 145 Å². The van der Waals surface area contributed by atoms with Crippen molar-refractivity contribution in [2.24, 2.45) is 17.3 Å². The molecule has 2 heteroatoms. The van der Waals surface area contributed by atoms with Gasteiger partial charge in [0.05, 0.1) is 5.60 Å². The van der Waals surface area contributed by atoms with Crippen LogP contribution < -0.4 is 0 Å². The zero-order chi connectivity index (χ0) is 16.9. The molecule has 2 saturated carbocycles. The minimum Gasteiger partial charge on any atom is -0.508 e. The summed E-state index contributed by atoms with van der Waals surface area (Å²) in [6, 6.07) is 5.94. The van der Waals surface area contributed by atoms with E-state index in [-0.39, 0.29) is 5.41 Å². The van der Waals surface area contributed by atoms with E-state index in [1.165, 1.54) is 17.5 Å². The third kappa shape index (κ3) is 2.14. The summed E-state index contributed by atoms with van der Waals surface area (Å²) in [7, 11) is 0. The summed E-state index contributed by atoms with van der Waals surface area (Å²) in [5.74, 6) is 4.97. The molecule has 3 aliphatic rings. The van der Waals surface area contributed by atoms with E-state index in [2.05, 4.69) is 18.9 Å². The first kappa shape index (κ1) is 16.0. The highest BCUT2D eigenvalue weighted by molar-refractivity contribution is 5.40. The number of hydrogen-bond donors (Lipinski definition) is 2. The van der Waals surface area contributed by atoms with Gasteiger partial charge in [-0.15, -0.1) is 12.3 Å². The number of fused-ring (bicyclic) bond motifs is 5. The average molecular weight is 324 g/mol. The summed E-state index contributed by atoms with van der Waals surface area (Å²) in [6.07, 6.45) is 13.4. The summed E-state index contributed by atoms with van der Waals surface area (Å²) in [5, 5.41) is 21.1. The van der Waals surface area contributed by atoms with Gasteiger partial charge in [-0.2, -0.15) is 0 Å². The molecule has 0 bridgehead atoms. The van der Waals surface area contributed by atoms with E-state index in [0.717, 1.165) is 38.5 Å². The second-order valence-corrected chi connectivity index (χ2v) is 8.53. The van der Waals surface area contributed by atoms with Crippen molar-refractivity contribution in [3.8, 4) is 18.1 Å². The van der Waals surface area contributed by atoms with Crippen LogP contribution in [0, 0.1) is 29.6 Å². The van der Waals surface area contributed by atoms with Crippen LogP contribution >= 0.6 is 0 Å². The molecular formula is C22H28O2. The minimum absolute atomic E-state index is 0.0133. The molecule has 3 unspecified atom stereocenters. The van der Waals surface area contributed by atoms with E-state index in [4.69, 9.17) is 6.42 Å². The van der Waals surface area contributed by atoms with Gasteiger partial charge in [0.25, 0.3) is 0 Å². The molecular weight excluding hydrogens is 296 g/mol. The molecule has 4 rings (SSSR count). The molecule has 0 amide bonds. The van der Waals surface area contributed by atoms with Crippen molar-refractivity contribution in [2.75, 3.05) is 0 Å². The Balaban J connectivity index is 1.65. The second-order valence-electron chi connectivity index (χ2n) is 8.53. The number of hydrogen-bond acceptors (Lipinski definition) is 2. The van der Waals surface area contributed by atoms with Crippen LogP contribution in [0.2, 0.25) is 0 Å². The molecule has 0 aliphatic heterocycles. The maximum Gasteiger partial charge on any atom is 0.115 e. The molecule has 0 spiro atoms. The van der Waals surface area contributed by atoms with E-state index in [0.29, 0.717) is 29.9 Å². The monoisotopic (exact) mass is 324 g/mol. The smallest absolute Gasteiger partial charge is 0.115 e. The van der Waals surface area contributed by atoms with Crippen LogP contribution in [0.1, 0.15) is 68.9 Å². The minimum atomic E-state index is -0.579. The molecule has 1 aromatic carbocycles. The maximum atomic E-state index is 11.4. The molecule has 0 radical (unpaired) electrons. The number of aliphatic hydroxyl groups is 1. The van der Waals surface area contributed by atoms with Gasteiger partial charge >= 0.3 is 0 Å². The van der Waals surface area contributed by atoms with E-state index in [1.807, 2.05) is 12.1 Å². The van der Waals surface area contributed by atoms with Crippen molar-refractivity contribution in [1.29, 1.82) is 0 Å². The number of terminal acetylenes is 1. The van der Waals surface area contributed by atoms with Crippen LogP contribution in [0.4, 0.5) is 0 Å². The third-order valence-electron chi connectivity index (χ3n) is 7.71. The topological polar surface area (TPSA) is 40.5 Å². The van der Waals surface area contributed by atoms with E-state index in [9.17, 15) is 10.2 Å². The van der Waals surface area contributed by atoms with Crippen LogP contribution in [0.3, 0.4) is 0 Å². The molecule has 0 aromatic heterocycles. The summed E-state index contributed by atoms with van der Waals surface area (Å²) in [4.78, 5) is 0. The number of phenolic OH excluding ortho intramolecular Hbond substituents is 1. The zero-order valence-electron chi connectivity index (χ0n) is 14.6. The Kier molecular flexibility index (Phi) is 3.69. The van der Waals surface area contributed by atoms with E-state index in [1.54, 1.807) is 0 Å². The Bertz CT molecular complexity index is 688. The van der Waals surface area contributed by atoms with E-state index < -0.39 is 5.60 Å². The lowest BCUT2D eigenvalue weighted by molar-refractivity contribution is -0.106. The molecule has 3 aliphatic carbocycles. The average Bonchev–Trinajstić information content (AvgIpc) is 2.84. The van der Waals surface area contributed by atoms with Crippen molar-refractivity contribution in [2.45, 2.75) is 69.8 Å². The second kappa shape index (κ2) is 5.53. The normalized spacial score (nSPS) is 40.3. The van der Waals surface area contributed by atoms with Crippen LogP contribution in [-0.4, -0.2) is 15.8 Å². The Hall–Kier alpha value is -1.46. The van der Waals surface area contributed by atoms with Gasteiger partial charge in [0, 0.05) is 6.42 Å². The lowest BCUT2D eigenvalue weighted by atomic mass is 9.53. The fourth-order valence-electron chi connectivity index (χ4n) is 6.37. The SMILES string of the molecule is C#CCC[C@]1(O)CCC2C3CCc4cc(O)ccc4C3CC[C@@]21C. The number of phenols is 1. The highest BCUT2D eigenvalue weighted by Gasteiger charge is 2.60. The highest BCUT2D eigenvalue weighted by Crippen LogP contribution is 2.65. The van der Waals surface area contributed by atoms with Gasteiger partial charge in [-0.05, 0) is 91.4 Å². The summed E-state index contributed by atoms with van der Waals surface area (Å²) in [5.41, 5.74) is 2.22. The fourth-order valence-corrected chi connectivity index (χ4v) is 6.37. The first-order valence-electron chi connectivity index (χ1n) is 9.46. The van der Waals surface area contributed by atoms with Crippen molar-refractivity contribution < 1.29 is 10.2 Å². The van der Waals surface area contributed by atoms with Gasteiger partial charge in [-0.25, -0.2) is 0 Å². The molecule has 1 aromatic rings. The maximum absolute atomic E-state index is 11.4. The van der Waals surface area contributed by atoms with Crippen molar-refractivity contribution in [1.82, 2.24) is 0 Å². The Morgan fingerprint density at radius 1 is 1.25 bits per heavy atom. The zero-order valence-corrected chi connectivity index (χ0v) is 14.6. The summed E-state index contributed by atoms with van der Waals surface area (Å²) in [6.45, 7) is 2.32. The van der Waals surface area contributed by atoms with Gasteiger partial charge in [0.2, 0.25) is 0 Å². The predicted octanol–water partition coefficient (Wildman–Crippen LogP) is 4.39. The fraction of sp³-hybridized carbons (Fsp3) is 0.636. The molecule has 2 fully saturated rings. The molecule has 24 heavy (non-hydrogen) atoms. The standard InChI is InChI=1S/C22H28O2/c1-3-4-11-22(24)13-10-20-19-7-5-15-14-16(23)6-8-17(15)18(19)9-12-21(20,22)2/h1,6,8,14,18-20,23-24H,4-5,7,9-13H2,2H3/t18?,19?,20?,21-,22-/m0/s1. The van der Waals surface area contributed by atoms with Gasteiger partial charge in [0.1, 0.15) is 5.75 Å². The van der Waals surface area contributed by atoms with Gasteiger partial charge in [0.15, 0.2) is 0 Å². The van der Waals surface area contributed by atoms with Crippen LogP contribution in [-0.2, 0) is 6.42 Å². The first-order chi connectivity index (χ1) is 11.5. The summed E-state index contributed by atoms with van der Waals surface area (Å²) >= 11 is 0. The molecule has 5 atom stereocenters. The number of aryl methyl sites for hydroxylation is 1. The number of aromatic hydroxyl groups is 1. The number of rotatable bonds is 2. The Morgan fingerprint density at radius 2 is 2.08 bits per heavy atom. The number of benzene rings is 1. The summed E-state index contributed by atoms with van der Waals surface area (Å²) < 4.78 is 0. The third-order valence-corrected chi connectivity index (χ3v) is 7.71. The quantitative estimate of drug-likeness (QED) is 0.792. The lowest BCUT2D eigenvalue weighted by Crippen LogP contribution is -2.50. The largest absolute Gasteiger partial charge is 0.508 e. The van der Waals surface area contributed by atoms with Crippen molar-refractivity contribution in [3.05, 3.63) is 29.3 Å². The molecule has 0 saturated heterocycles. The predicted molar refractivity (Wildman–Crippen MR) is 95.7 cm³/mol. The van der Waals surface area contributed by atoms with Gasteiger partial charge in [-0.3, -0.25) is 0 Å². The van der Waals surface area contributed by atoms with Gasteiger partial charge in [-0.1, -0.05) is 13.0 Å². The van der Waals surface area contributed by atoms with Crippen molar-refractivity contribution >= 4 is 0 Å². The van der Waals surface area contributed by atoms with Crippen LogP contribution in [0.5, 0.6) is 5.75 Å². The van der Waals surface area contributed by atoms with Gasteiger partial charge < -0.3 is 10.2 Å². The molecule has 2 nitrogen and oxygen atoms in total. The molecule has 2 N–H and O–H groups in total. The first-order valence-corrected chi connectivity index (χ1v) is 9.46. The van der Waals surface area contributed by atoms with Crippen molar-refractivity contribution in [3.63, 3.8) is 0 Å². The van der Waals surface area contributed by atoms with Crippen LogP contribution in [0.25, 0.3) is 0 Å². The molecule has 128 valence electrons. The molecule has 0 heterocycles. The highest BCUT2D eigenvalue weighted by atomic mass is 16.3. The lowest BCUT2D eigenvalue weighted by Gasteiger charge is -2.53. The van der Waals surface area contributed by atoms with E-state index >= 15 is 0 Å².